The van der Waals surface area contributed by atoms with Crippen molar-refractivity contribution in [1.29, 1.82) is 0 Å². The van der Waals surface area contributed by atoms with Gasteiger partial charge in [0.1, 0.15) is 0 Å². The first-order valence-electron chi connectivity index (χ1n) is 5.82. The number of hydrogen-bond acceptors (Lipinski definition) is 3. The molecule has 0 aliphatic carbocycles. The summed E-state index contributed by atoms with van der Waals surface area (Å²) in [4.78, 5) is 0. The standard InChI is InChI=1S/C13H13BrN2O/c1-8-12-10(16-15-8)6-5-9(14)13(12)11-4-2-3-7-17-11/h5-6,11H,1-4,7H2. The van der Waals surface area contributed by atoms with Gasteiger partial charge in [0.2, 0.25) is 0 Å². The first-order valence-corrected chi connectivity index (χ1v) is 6.61. The Labute approximate surface area is 109 Å². The summed E-state index contributed by atoms with van der Waals surface area (Å²) in [5, 5.41) is 8.18. The second kappa shape index (κ2) is 4.35. The van der Waals surface area contributed by atoms with Crippen LogP contribution in [-0.4, -0.2) is 6.61 Å². The maximum atomic E-state index is 5.86. The number of rotatable bonds is 1. The fraction of sp³-hybridized carbons (Fsp3) is 0.385. The van der Waals surface area contributed by atoms with Crippen molar-refractivity contribution in [2.24, 2.45) is 10.2 Å². The summed E-state index contributed by atoms with van der Waals surface area (Å²) in [6.07, 6.45) is 3.57. The van der Waals surface area contributed by atoms with Gasteiger partial charge in [0.15, 0.2) is 0 Å². The van der Waals surface area contributed by atoms with Crippen molar-refractivity contribution >= 4 is 27.3 Å². The van der Waals surface area contributed by atoms with Gasteiger partial charge >= 0.3 is 0 Å². The average molecular weight is 293 g/mol. The molecule has 0 N–H and O–H groups in total. The van der Waals surface area contributed by atoms with Crippen molar-refractivity contribution in [3.63, 3.8) is 0 Å². The minimum atomic E-state index is 0.147. The Balaban J connectivity index is 2.09. The van der Waals surface area contributed by atoms with Crippen LogP contribution in [0.3, 0.4) is 0 Å². The van der Waals surface area contributed by atoms with Gasteiger partial charge in [-0.25, -0.2) is 0 Å². The lowest BCUT2D eigenvalue weighted by Crippen LogP contribution is -2.13. The largest absolute Gasteiger partial charge is 0.373 e. The number of halogens is 1. The number of fused-ring (bicyclic) bond motifs is 1. The van der Waals surface area contributed by atoms with Gasteiger partial charge < -0.3 is 4.74 Å². The third-order valence-corrected chi connectivity index (χ3v) is 3.93. The van der Waals surface area contributed by atoms with E-state index in [1.165, 1.54) is 6.42 Å². The summed E-state index contributed by atoms with van der Waals surface area (Å²) in [7, 11) is 0. The highest BCUT2D eigenvalue weighted by molar-refractivity contribution is 9.10. The van der Waals surface area contributed by atoms with Crippen LogP contribution in [0.5, 0.6) is 0 Å². The minimum absolute atomic E-state index is 0.147. The molecule has 3 rings (SSSR count). The van der Waals surface area contributed by atoms with Crippen LogP contribution >= 0.6 is 15.9 Å². The molecular formula is C13H13BrN2O. The van der Waals surface area contributed by atoms with Gasteiger partial charge in [0.05, 0.1) is 17.5 Å². The average Bonchev–Trinajstić information content (AvgIpc) is 2.73. The quantitative estimate of drug-likeness (QED) is 0.735. The van der Waals surface area contributed by atoms with Crippen molar-refractivity contribution in [3.8, 4) is 0 Å². The van der Waals surface area contributed by atoms with Crippen molar-refractivity contribution in [3.05, 3.63) is 34.3 Å². The Morgan fingerprint density at radius 1 is 1.29 bits per heavy atom. The predicted octanol–water partition coefficient (Wildman–Crippen LogP) is 4.76. The van der Waals surface area contributed by atoms with E-state index in [9.17, 15) is 0 Å². The summed E-state index contributed by atoms with van der Waals surface area (Å²) >= 11 is 3.61. The zero-order valence-corrected chi connectivity index (χ0v) is 11.0. The van der Waals surface area contributed by atoms with Gasteiger partial charge in [-0.3, -0.25) is 0 Å². The molecule has 1 aromatic carbocycles. The van der Waals surface area contributed by atoms with Gasteiger partial charge in [-0.05, 0) is 31.4 Å². The number of benzene rings is 1. The topological polar surface area (TPSA) is 34.0 Å². The molecule has 4 heteroatoms. The zero-order chi connectivity index (χ0) is 11.8. The summed E-state index contributed by atoms with van der Waals surface area (Å²) in [5.74, 6) is 0. The Bertz CT molecular complexity index is 504. The van der Waals surface area contributed by atoms with Crippen molar-refractivity contribution in [1.82, 2.24) is 0 Å². The van der Waals surface area contributed by atoms with E-state index in [-0.39, 0.29) is 6.10 Å². The molecule has 1 saturated heterocycles. The molecule has 1 unspecified atom stereocenters. The third-order valence-electron chi connectivity index (χ3n) is 3.24. The lowest BCUT2D eigenvalue weighted by atomic mass is 9.95. The molecule has 0 spiro atoms. The number of nitrogens with zero attached hydrogens (tertiary/aromatic N) is 2. The molecule has 88 valence electrons. The van der Waals surface area contributed by atoms with Crippen LogP contribution in [0.2, 0.25) is 0 Å². The fourth-order valence-corrected chi connectivity index (χ4v) is 3.00. The highest BCUT2D eigenvalue weighted by Gasteiger charge is 2.26. The van der Waals surface area contributed by atoms with Crippen LogP contribution in [0.4, 0.5) is 5.69 Å². The molecule has 2 aliphatic rings. The maximum Gasteiger partial charge on any atom is 0.0956 e. The summed E-state index contributed by atoms with van der Waals surface area (Å²) in [6, 6.07) is 3.98. The van der Waals surface area contributed by atoms with E-state index >= 15 is 0 Å². The Kier molecular flexibility index (Phi) is 2.84. The van der Waals surface area contributed by atoms with E-state index in [1.54, 1.807) is 0 Å². The second-order valence-corrected chi connectivity index (χ2v) is 5.21. The minimum Gasteiger partial charge on any atom is -0.373 e. The van der Waals surface area contributed by atoms with Crippen molar-refractivity contribution in [2.45, 2.75) is 25.4 Å². The maximum absolute atomic E-state index is 5.86. The molecule has 1 fully saturated rings. The molecule has 0 radical (unpaired) electrons. The first kappa shape index (κ1) is 11.1. The normalized spacial score (nSPS) is 22.9. The predicted molar refractivity (Wildman–Crippen MR) is 70.2 cm³/mol. The molecular weight excluding hydrogens is 280 g/mol. The SMILES string of the molecule is C=C1N=Nc2ccc(Br)c(C3CCCCO3)c21. The van der Waals surface area contributed by atoms with E-state index in [4.69, 9.17) is 4.74 Å². The smallest absolute Gasteiger partial charge is 0.0956 e. The van der Waals surface area contributed by atoms with Crippen molar-refractivity contribution in [2.75, 3.05) is 6.61 Å². The molecule has 1 atom stereocenters. The molecule has 0 bridgehead atoms. The molecule has 0 aromatic heterocycles. The van der Waals surface area contributed by atoms with Crippen LogP contribution in [0.15, 0.2) is 33.4 Å². The molecule has 1 aromatic rings. The fourth-order valence-electron chi connectivity index (χ4n) is 2.42. The monoisotopic (exact) mass is 292 g/mol. The molecule has 17 heavy (non-hydrogen) atoms. The summed E-state index contributed by atoms with van der Waals surface area (Å²) < 4.78 is 6.93. The molecule has 3 nitrogen and oxygen atoms in total. The van der Waals surface area contributed by atoms with Gasteiger partial charge in [0, 0.05) is 22.2 Å². The van der Waals surface area contributed by atoms with E-state index in [1.807, 2.05) is 12.1 Å². The van der Waals surface area contributed by atoms with Gasteiger partial charge in [-0.2, -0.15) is 5.11 Å². The van der Waals surface area contributed by atoms with Crippen LogP contribution < -0.4 is 0 Å². The van der Waals surface area contributed by atoms with Gasteiger partial charge in [-0.15, -0.1) is 5.11 Å². The van der Waals surface area contributed by atoms with E-state index in [0.29, 0.717) is 0 Å². The van der Waals surface area contributed by atoms with Crippen LogP contribution in [0.1, 0.15) is 36.5 Å². The number of azo groups is 1. The van der Waals surface area contributed by atoms with E-state index in [2.05, 4.69) is 32.7 Å². The lowest BCUT2D eigenvalue weighted by molar-refractivity contribution is 0.0144. The lowest BCUT2D eigenvalue weighted by Gasteiger charge is -2.25. The summed E-state index contributed by atoms with van der Waals surface area (Å²) in [5.41, 5.74) is 3.86. The molecule has 2 aliphatic heterocycles. The summed E-state index contributed by atoms with van der Waals surface area (Å²) in [6.45, 7) is 4.79. The number of hydrogen-bond donors (Lipinski definition) is 0. The van der Waals surface area contributed by atoms with E-state index < -0.39 is 0 Å². The third kappa shape index (κ3) is 1.85. The van der Waals surface area contributed by atoms with Gasteiger partial charge in [0.25, 0.3) is 0 Å². The molecule has 0 amide bonds. The van der Waals surface area contributed by atoms with E-state index in [0.717, 1.165) is 46.4 Å². The van der Waals surface area contributed by atoms with Crippen LogP contribution in [0.25, 0.3) is 5.70 Å². The Morgan fingerprint density at radius 2 is 2.18 bits per heavy atom. The van der Waals surface area contributed by atoms with Crippen LogP contribution in [-0.2, 0) is 4.74 Å². The van der Waals surface area contributed by atoms with Crippen LogP contribution in [0, 0.1) is 0 Å². The van der Waals surface area contributed by atoms with Gasteiger partial charge in [-0.1, -0.05) is 22.5 Å². The first-order chi connectivity index (χ1) is 8.27. The Hall–Kier alpha value is -1.00. The second-order valence-electron chi connectivity index (χ2n) is 4.36. The highest BCUT2D eigenvalue weighted by Crippen LogP contribution is 2.44. The Morgan fingerprint density at radius 3 is 2.94 bits per heavy atom. The van der Waals surface area contributed by atoms with Crippen molar-refractivity contribution < 1.29 is 4.74 Å². The zero-order valence-electron chi connectivity index (χ0n) is 9.45. The number of ether oxygens (including phenoxy) is 1. The highest BCUT2D eigenvalue weighted by atomic mass is 79.9. The molecule has 0 saturated carbocycles. The molecule has 2 heterocycles.